The molecule has 1 aliphatic rings. The average Bonchev–Trinajstić information content (AvgIpc) is 3.14. The molecule has 1 fully saturated rings. The molecule has 2 heterocycles. The Morgan fingerprint density at radius 3 is 2.50 bits per heavy atom. The number of aliphatic hydroxyl groups is 2. The second kappa shape index (κ2) is 9.01. The molecule has 0 saturated carbocycles. The molecule has 0 spiro atoms. The third-order valence-electron chi connectivity index (χ3n) is 5.82. The third kappa shape index (κ3) is 5.26. The van der Waals surface area contributed by atoms with E-state index in [2.05, 4.69) is 0 Å². The van der Waals surface area contributed by atoms with Crippen LogP contribution in [0.15, 0.2) is 29.6 Å². The number of carbonyl (C=O) groups is 1. The van der Waals surface area contributed by atoms with E-state index >= 15 is 0 Å². The zero-order chi connectivity index (χ0) is 22.1. The normalized spacial score (nSPS) is 16.0. The van der Waals surface area contributed by atoms with Gasteiger partial charge < -0.3 is 19.8 Å². The van der Waals surface area contributed by atoms with E-state index in [0.29, 0.717) is 36.5 Å². The highest BCUT2D eigenvalue weighted by Crippen LogP contribution is 2.32. The fraction of sp³-hybridized carbons (Fsp3) is 0.500. The summed E-state index contributed by atoms with van der Waals surface area (Å²) in [7, 11) is 1.65. The molecule has 1 aromatic heterocycles. The molecule has 161 valence electrons. The number of amides is 1. The van der Waals surface area contributed by atoms with Crippen molar-refractivity contribution in [2.45, 2.75) is 57.8 Å². The fourth-order valence-electron chi connectivity index (χ4n) is 3.01. The summed E-state index contributed by atoms with van der Waals surface area (Å²) >= 11 is 8.05. The lowest BCUT2D eigenvalue weighted by Gasteiger charge is -2.37. The van der Waals surface area contributed by atoms with Gasteiger partial charge in [-0.25, -0.2) is 0 Å². The van der Waals surface area contributed by atoms with Gasteiger partial charge in [-0.05, 0) is 69.6 Å². The van der Waals surface area contributed by atoms with E-state index in [1.54, 1.807) is 38.4 Å². The van der Waals surface area contributed by atoms with E-state index in [0.717, 1.165) is 15.9 Å². The van der Waals surface area contributed by atoms with Crippen molar-refractivity contribution in [2.75, 3.05) is 13.1 Å². The van der Waals surface area contributed by atoms with Crippen LogP contribution in [-0.4, -0.2) is 58.9 Å². The Balaban J connectivity index is 1.69. The Labute approximate surface area is 187 Å². The summed E-state index contributed by atoms with van der Waals surface area (Å²) in [6.45, 7) is 8.23. The number of nitrogens with zero attached hydrogens (tertiary/aromatic N) is 1. The molecule has 5 nitrogen and oxygen atoms in total. The molecule has 30 heavy (non-hydrogen) atoms. The van der Waals surface area contributed by atoms with Gasteiger partial charge >= 0.3 is 7.48 Å². The van der Waals surface area contributed by atoms with Crippen LogP contribution in [0.2, 0.25) is 5.02 Å². The number of hydrogen-bond acceptors (Lipinski definition) is 5. The Kier molecular flexibility index (Phi) is 6.99. The number of carbonyl (C=O) groups excluding carboxylic acids is 1. The van der Waals surface area contributed by atoms with E-state index in [9.17, 15) is 15.0 Å². The van der Waals surface area contributed by atoms with Crippen LogP contribution in [0.5, 0.6) is 0 Å². The van der Waals surface area contributed by atoms with Gasteiger partial charge in [0.05, 0.1) is 22.3 Å². The predicted molar refractivity (Wildman–Crippen MR) is 123 cm³/mol. The summed E-state index contributed by atoms with van der Waals surface area (Å²) in [5.41, 5.74) is 0.572. The summed E-state index contributed by atoms with van der Waals surface area (Å²) in [5.74, 6) is -0.0576. The van der Waals surface area contributed by atoms with Crippen molar-refractivity contribution in [2.24, 2.45) is 0 Å². The van der Waals surface area contributed by atoms with Gasteiger partial charge in [-0.3, -0.25) is 4.79 Å². The van der Waals surface area contributed by atoms with Gasteiger partial charge in [-0.15, -0.1) is 11.3 Å². The molecule has 8 heteroatoms. The number of rotatable bonds is 6. The largest absolute Gasteiger partial charge is 0.427 e. The summed E-state index contributed by atoms with van der Waals surface area (Å²) in [5, 5.41) is 22.3. The van der Waals surface area contributed by atoms with Crippen LogP contribution in [-0.2, 0) is 4.65 Å². The van der Waals surface area contributed by atoms with Crippen LogP contribution >= 0.6 is 22.9 Å². The maximum Gasteiger partial charge on any atom is 0.331 e. The second-order valence-corrected chi connectivity index (χ2v) is 10.1. The average molecular weight is 449 g/mol. The van der Waals surface area contributed by atoms with Crippen molar-refractivity contribution in [3.05, 3.63) is 40.2 Å². The number of halogens is 1. The Bertz CT molecular complexity index is 901. The highest BCUT2D eigenvalue weighted by molar-refractivity contribution is 7.14. The van der Waals surface area contributed by atoms with Crippen molar-refractivity contribution >= 4 is 41.8 Å². The standard InChI is InChI=1S/C22H28BClNO4S/c1-21(2,28)22(3,4)29-23-15-12-19(30-13-15)17-6-5-14(11-18(17)24)20(27)25-9-7-16(26)8-10-25/h5-6,11-13,16,26,28H,7-10H2,1-4H3. The minimum atomic E-state index is -0.986. The first-order valence-corrected chi connectivity index (χ1v) is 11.3. The molecule has 1 saturated heterocycles. The zero-order valence-electron chi connectivity index (χ0n) is 17.8. The first-order valence-electron chi connectivity index (χ1n) is 10.1. The maximum absolute atomic E-state index is 12.7. The van der Waals surface area contributed by atoms with Gasteiger partial charge in [0, 0.05) is 29.1 Å². The molecule has 1 amide bonds. The lowest BCUT2D eigenvalue weighted by molar-refractivity contribution is -0.0893. The summed E-state index contributed by atoms with van der Waals surface area (Å²) in [6.07, 6.45) is 0.902. The summed E-state index contributed by atoms with van der Waals surface area (Å²) in [4.78, 5) is 15.4. The van der Waals surface area contributed by atoms with E-state index < -0.39 is 11.2 Å². The molecule has 1 aromatic carbocycles. The smallest absolute Gasteiger partial charge is 0.331 e. The highest BCUT2D eigenvalue weighted by atomic mass is 35.5. The summed E-state index contributed by atoms with van der Waals surface area (Å²) < 4.78 is 5.82. The molecule has 0 unspecified atom stereocenters. The van der Waals surface area contributed by atoms with E-state index in [4.69, 9.17) is 16.3 Å². The molecule has 2 aromatic rings. The lowest BCUT2D eigenvalue weighted by Crippen LogP contribution is -2.49. The maximum atomic E-state index is 12.7. The summed E-state index contributed by atoms with van der Waals surface area (Å²) in [6, 6.07) is 7.35. The first-order chi connectivity index (χ1) is 14.0. The van der Waals surface area contributed by atoms with Gasteiger partial charge in [0.1, 0.15) is 0 Å². The van der Waals surface area contributed by atoms with Crippen molar-refractivity contribution in [3.8, 4) is 10.4 Å². The van der Waals surface area contributed by atoms with Crippen LogP contribution in [0, 0.1) is 0 Å². The molecule has 0 aliphatic carbocycles. The van der Waals surface area contributed by atoms with Crippen LogP contribution in [0.3, 0.4) is 0 Å². The third-order valence-corrected chi connectivity index (χ3v) is 7.11. The molecule has 2 N–H and O–H groups in total. The SMILES string of the molecule is CC(C)(O)C(C)(C)O[B]c1csc(-c2ccc(C(=O)N3CCC(O)CC3)cc2Cl)c1. The van der Waals surface area contributed by atoms with E-state index in [1.807, 2.05) is 31.4 Å². The minimum absolute atomic E-state index is 0.0576. The van der Waals surface area contributed by atoms with Crippen molar-refractivity contribution in [1.82, 2.24) is 4.90 Å². The second-order valence-electron chi connectivity index (χ2n) is 8.77. The molecular formula is C22H28BClNO4S. The van der Waals surface area contributed by atoms with Gasteiger partial charge in [-0.1, -0.05) is 17.7 Å². The number of hydrogen-bond donors (Lipinski definition) is 2. The van der Waals surface area contributed by atoms with Crippen LogP contribution in [0.4, 0.5) is 0 Å². The lowest BCUT2D eigenvalue weighted by atomic mass is 9.83. The molecule has 1 aliphatic heterocycles. The van der Waals surface area contributed by atoms with Crippen molar-refractivity contribution < 1.29 is 19.7 Å². The van der Waals surface area contributed by atoms with Gasteiger partial charge in [0.25, 0.3) is 5.91 Å². The van der Waals surface area contributed by atoms with Crippen LogP contribution < -0.4 is 5.46 Å². The number of benzene rings is 1. The fourth-order valence-corrected chi connectivity index (χ4v) is 4.25. The molecule has 0 bridgehead atoms. The Morgan fingerprint density at radius 2 is 1.90 bits per heavy atom. The van der Waals surface area contributed by atoms with E-state index in [-0.39, 0.29) is 12.0 Å². The molecular weight excluding hydrogens is 421 g/mol. The van der Waals surface area contributed by atoms with Gasteiger partial charge in [0.15, 0.2) is 0 Å². The number of thiophene rings is 1. The number of likely N-dealkylation sites (tertiary alicyclic amines) is 1. The molecule has 3 rings (SSSR count). The van der Waals surface area contributed by atoms with Crippen LogP contribution in [0.1, 0.15) is 50.9 Å². The van der Waals surface area contributed by atoms with Crippen molar-refractivity contribution in [3.63, 3.8) is 0 Å². The van der Waals surface area contributed by atoms with Gasteiger partial charge in [0.2, 0.25) is 0 Å². The zero-order valence-corrected chi connectivity index (χ0v) is 19.4. The predicted octanol–water partition coefficient (Wildman–Crippen LogP) is 3.48. The Morgan fingerprint density at radius 1 is 1.23 bits per heavy atom. The molecule has 1 radical (unpaired) electrons. The Hall–Kier alpha value is -1.38. The number of piperidine rings is 1. The topological polar surface area (TPSA) is 70.0 Å². The van der Waals surface area contributed by atoms with E-state index in [1.165, 1.54) is 11.3 Å². The van der Waals surface area contributed by atoms with Gasteiger partial charge in [-0.2, -0.15) is 0 Å². The number of aliphatic hydroxyl groups excluding tert-OH is 1. The highest BCUT2D eigenvalue weighted by Gasteiger charge is 2.35. The monoisotopic (exact) mass is 448 g/mol. The van der Waals surface area contributed by atoms with Crippen LogP contribution in [0.25, 0.3) is 10.4 Å². The quantitative estimate of drug-likeness (QED) is 0.664. The first kappa shape index (κ1) is 23.3. The van der Waals surface area contributed by atoms with Crippen molar-refractivity contribution in [1.29, 1.82) is 0 Å². The molecule has 0 atom stereocenters. The minimum Gasteiger partial charge on any atom is -0.427 e.